The monoisotopic (exact) mass is 280 g/mol. The Morgan fingerprint density at radius 3 is 2.89 bits per heavy atom. The summed E-state index contributed by atoms with van der Waals surface area (Å²) >= 11 is 1.27. The van der Waals surface area contributed by atoms with Crippen LogP contribution in [0, 0.1) is 12.3 Å². The maximum Gasteiger partial charge on any atom is 0.265 e. The third-order valence-electron chi connectivity index (χ3n) is 2.58. The van der Waals surface area contributed by atoms with Gasteiger partial charge >= 0.3 is 0 Å². The lowest BCUT2D eigenvalue weighted by Gasteiger charge is -2.13. The molecule has 1 amide bonds. The van der Waals surface area contributed by atoms with Crippen molar-refractivity contribution >= 4 is 28.2 Å². The van der Waals surface area contributed by atoms with Gasteiger partial charge in [-0.25, -0.2) is 4.98 Å². The van der Waals surface area contributed by atoms with E-state index in [1.807, 2.05) is 6.92 Å². The normalized spacial score (nSPS) is 11.6. The summed E-state index contributed by atoms with van der Waals surface area (Å²) < 4.78 is 0. The van der Waals surface area contributed by atoms with Crippen LogP contribution < -0.4 is 16.4 Å². The molecule has 0 aliphatic carbocycles. The number of carbonyl (C=O) groups excluding carboxylic acids is 1. The zero-order valence-corrected chi connectivity index (χ0v) is 12.1. The SMILES string of the molecule is C#CCC(CC)NC(=O)c1sc(NCCC)nc1N. The van der Waals surface area contributed by atoms with E-state index in [4.69, 9.17) is 12.2 Å². The molecule has 1 rings (SSSR count). The first-order valence-corrected chi connectivity index (χ1v) is 7.18. The highest BCUT2D eigenvalue weighted by molar-refractivity contribution is 7.18. The fraction of sp³-hybridized carbons (Fsp3) is 0.538. The number of aromatic nitrogens is 1. The Kier molecular flexibility index (Phi) is 6.16. The largest absolute Gasteiger partial charge is 0.382 e. The molecule has 4 N–H and O–H groups in total. The summed E-state index contributed by atoms with van der Waals surface area (Å²) in [7, 11) is 0. The number of amides is 1. The molecule has 6 heteroatoms. The third kappa shape index (κ3) is 4.45. The summed E-state index contributed by atoms with van der Waals surface area (Å²) in [5, 5.41) is 6.67. The summed E-state index contributed by atoms with van der Waals surface area (Å²) in [4.78, 5) is 16.7. The van der Waals surface area contributed by atoms with Gasteiger partial charge in [0.25, 0.3) is 5.91 Å². The second kappa shape index (κ2) is 7.64. The molecular formula is C13H20N4OS. The lowest BCUT2D eigenvalue weighted by molar-refractivity contribution is 0.0941. The highest BCUT2D eigenvalue weighted by Crippen LogP contribution is 2.25. The van der Waals surface area contributed by atoms with Gasteiger partial charge in [0.1, 0.15) is 10.7 Å². The molecule has 5 nitrogen and oxygen atoms in total. The quantitative estimate of drug-likeness (QED) is 0.668. The number of terminal acetylenes is 1. The molecule has 0 aliphatic rings. The molecule has 0 saturated carbocycles. The molecular weight excluding hydrogens is 260 g/mol. The first kappa shape index (κ1) is 15.3. The number of carbonyl (C=O) groups is 1. The number of nitrogen functional groups attached to an aromatic ring is 1. The van der Waals surface area contributed by atoms with Crippen LogP contribution in [0.5, 0.6) is 0 Å². The molecule has 1 aromatic rings. The van der Waals surface area contributed by atoms with Gasteiger partial charge in [-0.15, -0.1) is 12.3 Å². The molecule has 0 fully saturated rings. The molecule has 1 heterocycles. The van der Waals surface area contributed by atoms with E-state index in [-0.39, 0.29) is 17.8 Å². The topological polar surface area (TPSA) is 80.0 Å². The molecule has 104 valence electrons. The smallest absolute Gasteiger partial charge is 0.265 e. The van der Waals surface area contributed by atoms with Gasteiger partial charge in [-0.05, 0) is 12.8 Å². The Labute approximate surface area is 118 Å². The van der Waals surface area contributed by atoms with Crippen LogP contribution in [0.15, 0.2) is 0 Å². The maximum atomic E-state index is 12.1. The van der Waals surface area contributed by atoms with Crippen LogP contribution in [0.2, 0.25) is 0 Å². The van der Waals surface area contributed by atoms with E-state index in [0.717, 1.165) is 19.4 Å². The van der Waals surface area contributed by atoms with Crippen molar-refractivity contribution in [3.05, 3.63) is 4.88 Å². The van der Waals surface area contributed by atoms with Crippen molar-refractivity contribution in [1.82, 2.24) is 10.3 Å². The Balaban J connectivity index is 2.71. The molecule has 0 radical (unpaired) electrons. The van der Waals surface area contributed by atoms with Crippen molar-refractivity contribution in [2.45, 2.75) is 39.2 Å². The summed E-state index contributed by atoms with van der Waals surface area (Å²) in [5.74, 6) is 2.61. The van der Waals surface area contributed by atoms with Crippen molar-refractivity contribution < 1.29 is 4.79 Å². The Morgan fingerprint density at radius 1 is 1.58 bits per heavy atom. The fourth-order valence-corrected chi connectivity index (χ4v) is 2.31. The first-order chi connectivity index (χ1) is 9.12. The molecule has 0 saturated heterocycles. The average molecular weight is 280 g/mol. The van der Waals surface area contributed by atoms with Crippen molar-refractivity contribution in [1.29, 1.82) is 0 Å². The standard InChI is InChI=1S/C13H20N4OS/c1-4-7-9(6-3)16-12(18)10-11(14)17-13(19-10)15-8-5-2/h1,9H,5-8,14H2,2-3H3,(H,15,17)(H,16,18). The number of hydrogen-bond acceptors (Lipinski definition) is 5. The van der Waals surface area contributed by atoms with Crippen molar-refractivity contribution in [2.75, 3.05) is 17.6 Å². The molecule has 1 aromatic heterocycles. The van der Waals surface area contributed by atoms with Gasteiger partial charge in [-0.3, -0.25) is 4.79 Å². The van der Waals surface area contributed by atoms with E-state index < -0.39 is 0 Å². The molecule has 0 aliphatic heterocycles. The minimum atomic E-state index is -0.207. The van der Waals surface area contributed by atoms with Gasteiger partial charge in [-0.2, -0.15) is 0 Å². The predicted molar refractivity (Wildman–Crippen MR) is 80.3 cm³/mol. The van der Waals surface area contributed by atoms with Crippen LogP contribution in [-0.4, -0.2) is 23.5 Å². The predicted octanol–water partition coefficient (Wildman–Crippen LogP) is 2.08. The average Bonchev–Trinajstić information content (AvgIpc) is 2.77. The van der Waals surface area contributed by atoms with Gasteiger partial charge in [0.05, 0.1) is 0 Å². The van der Waals surface area contributed by atoms with Crippen LogP contribution in [0.3, 0.4) is 0 Å². The molecule has 0 bridgehead atoms. The molecule has 1 unspecified atom stereocenters. The van der Waals surface area contributed by atoms with Gasteiger partial charge in [0.2, 0.25) is 0 Å². The van der Waals surface area contributed by atoms with E-state index in [1.54, 1.807) is 0 Å². The van der Waals surface area contributed by atoms with Crippen LogP contribution in [0.4, 0.5) is 10.9 Å². The third-order valence-corrected chi connectivity index (χ3v) is 3.61. The van der Waals surface area contributed by atoms with Gasteiger partial charge < -0.3 is 16.4 Å². The van der Waals surface area contributed by atoms with Gasteiger partial charge in [0, 0.05) is 19.0 Å². The maximum absolute atomic E-state index is 12.1. The minimum absolute atomic E-state index is 0.0222. The summed E-state index contributed by atoms with van der Waals surface area (Å²) in [5.41, 5.74) is 5.76. The fourth-order valence-electron chi connectivity index (χ4n) is 1.49. The van der Waals surface area contributed by atoms with Crippen LogP contribution in [0.25, 0.3) is 0 Å². The highest BCUT2D eigenvalue weighted by Gasteiger charge is 2.18. The number of nitrogens with two attached hydrogens (primary N) is 1. The lowest BCUT2D eigenvalue weighted by atomic mass is 10.1. The number of thiazole rings is 1. The second-order valence-electron chi connectivity index (χ2n) is 4.15. The second-order valence-corrected chi connectivity index (χ2v) is 5.15. The first-order valence-electron chi connectivity index (χ1n) is 6.36. The molecule has 0 aromatic carbocycles. The molecule has 19 heavy (non-hydrogen) atoms. The van der Waals surface area contributed by atoms with E-state index in [1.165, 1.54) is 11.3 Å². The minimum Gasteiger partial charge on any atom is -0.382 e. The van der Waals surface area contributed by atoms with Gasteiger partial charge in [0.15, 0.2) is 5.13 Å². The van der Waals surface area contributed by atoms with Crippen LogP contribution in [0.1, 0.15) is 42.8 Å². The zero-order chi connectivity index (χ0) is 14.3. The molecule has 0 spiro atoms. The number of nitrogens with one attached hydrogen (secondary N) is 2. The lowest BCUT2D eigenvalue weighted by Crippen LogP contribution is -2.33. The highest BCUT2D eigenvalue weighted by atomic mass is 32.1. The van der Waals surface area contributed by atoms with Crippen molar-refractivity contribution in [2.24, 2.45) is 0 Å². The number of rotatable bonds is 7. The van der Waals surface area contributed by atoms with E-state index in [9.17, 15) is 4.79 Å². The number of hydrogen-bond donors (Lipinski definition) is 3. The Morgan fingerprint density at radius 2 is 2.32 bits per heavy atom. The number of nitrogens with zero attached hydrogens (tertiary/aromatic N) is 1. The Bertz CT molecular complexity index is 464. The number of anilines is 2. The summed E-state index contributed by atoms with van der Waals surface area (Å²) in [6.07, 6.45) is 7.55. The van der Waals surface area contributed by atoms with E-state index in [2.05, 4.69) is 28.5 Å². The van der Waals surface area contributed by atoms with E-state index >= 15 is 0 Å². The van der Waals surface area contributed by atoms with Crippen molar-refractivity contribution in [3.63, 3.8) is 0 Å². The Hall–Kier alpha value is -1.74. The van der Waals surface area contributed by atoms with Gasteiger partial charge in [-0.1, -0.05) is 25.2 Å². The van der Waals surface area contributed by atoms with Crippen molar-refractivity contribution in [3.8, 4) is 12.3 Å². The molecule has 1 atom stereocenters. The van der Waals surface area contributed by atoms with Crippen LogP contribution in [-0.2, 0) is 0 Å². The summed E-state index contributed by atoms with van der Waals surface area (Å²) in [6.45, 7) is 4.85. The van der Waals surface area contributed by atoms with Crippen LogP contribution >= 0.6 is 11.3 Å². The zero-order valence-electron chi connectivity index (χ0n) is 11.3. The van der Waals surface area contributed by atoms with E-state index in [0.29, 0.717) is 16.4 Å². The summed E-state index contributed by atoms with van der Waals surface area (Å²) in [6, 6.07) is -0.0222.